The number of benzene rings is 2. The quantitative estimate of drug-likeness (QED) is 0.866. The summed E-state index contributed by atoms with van der Waals surface area (Å²) in [7, 11) is 3.70. The number of hydrogen-bond donors (Lipinski definition) is 1. The normalized spacial score (nSPS) is 18.9. The first-order valence-electron chi connectivity index (χ1n) is 7.26. The third kappa shape index (κ3) is 2.11. The summed E-state index contributed by atoms with van der Waals surface area (Å²) in [5.41, 5.74) is 2.25. The van der Waals surface area contributed by atoms with Gasteiger partial charge in [0.05, 0.1) is 7.11 Å². The summed E-state index contributed by atoms with van der Waals surface area (Å²) in [5.74, 6) is 1.33. The fourth-order valence-electron chi connectivity index (χ4n) is 3.36. The standard InChI is InChI=1S/C17H20ClNO2/c1-4-12(18)11-9-19(2)13-8-14(20)10-6-5-7-15(21-3)17(10)16(11)13/h5-8,11-12,20H,4,9H2,1-3H3/t11-,12+/m0/s1. The van der Waals surface area contributed by atoms with Crippen LogP contribution in [0.3, 0.4) is 0 Å². The Labute approximate surface area is 130 Å². The first-order chi connectivity index (χ1) is 10.1. The van der Waals surface area contributed by atoms with E-state index in [0.717, 1.165) is 35.2 Å². The molecule has 1 heterocycles. The van der Waals surface area contributed by atoms with Gasteiger partial charge in [0.25, 0.3) is 0 Å². The maximum absolute atomic E-state index is 10.3. The molecule has 0 aromatic heterocycles. The number of alkyl halides is 1. The molecule has 0 amide bonds. The van der Waals surface area contributed by atoms with Crippen LogP contribution in [0.5, 0.6) is 11.5 Å². The van der Waals surface area contributed by atoms with Crippen LogP contribution in [0.25, 0.3) is 10.8 Å². The second-order valence-electron chi connectivity index (χ2n) is 5.62. The Kier molecular flexibility index (Phi) is 3.62. The average Bonchev–Trinajstić information content (AvgIpc) is 2.83. The minimum absolute atomic E-state index is 0.0753. The second-order valence-corrected chi connectivity index (χ2v) is 6.18. The number of likely N-dealkylation sites (N-methyl/N-ethyl adjacent to an activating group) is 1. The van der Waals surface area contributed by atoms with Gasteiger partial charge in [-0.25, -0.2) is 0 Å². The lowest BCUT2D eigenvalue weighted by molar-refractivity contribution is 0.419. The molecule has 0 saturated heterocycles. The number of phenolic OH excluding ortho intramolecular Hbond substituents is 1. The maximum Gasteiger partial charge on any atom is 0.127 e. The number of hydrogen-bond acceptors (Lipinski definition) is 3. The molecular formula is C17H20ClNO2. The minimum Gasteiger partial charge on any atom is -0.507 e. The van der Waals surface area contributed by atoms with Gasteiger partial charge in [-0.1, -0.05) is 19.1 Å². The van der Waals surface area contributed by atoms with Crippen LogP contribution in [0.2, 0.25) is 0 Å². The summed E-state index contributed by atoms with van der Waals surface area (Å²) in [4.78, 5) is 2.16. The first kappa shape index (κ1) is 14.3. The molecule has 1 aliphatic heterocycles. The summed E-state index contributed by atoms with van der Waals surface area (Å²) in [6.07, 6.45) is 0.914. The number of aromatic hydroxyl groups is 1. The number of nitrogens with zero attached hydrogens (tertiary/aromatic N) is 1. The van der Waals surface area contributed by atoms with Crippen molar-refractivity contribution in [3.05, 3.63) is 29.8 Å². The molecule has 0 saturated carbocycles. The van der Waals surface area contributed by atoms with E-state index < -0.39 is 0 Å². The fraction of sp³-hybridized carbons (Fsp3) is 0.412. The summed E-state index contributed by atoms with van der Waals surface area (Å²) < 4.78 is 5.53. The van der Waals surface area contributed by atoms with Gasteiger partial charge < -0.3 is 14.7 Å². The number of fused-ring (bicyclic) bond motifs is 3. The van der Waals surface area contributed by atoms with Crippen LogP contribution in [-0.2, 0) is 0 Å². The zero-order valence-corrected chi connectivity index (χ0v) is 13.3. The Morgan fingerprint density at radius 2 is 2.24 bits per heavy atom. The molecule has 0 fully saturated rings. The highest BCUT2D eigenvalue weighted by Crippen LogP contribution is 2.49. The summed E-state index contributed by atoms with van der Waals surface area (Å²) in [5, 5.41) is 12.2. The van der Waals surface area contributed by atoms with Gasteiger partial charge in [-0.3, -0.25) is 0 Å². The molecule has 2 aromatic carbocycles. The van der Waals surface area contributed by atoms with Crippen molar-refractivity contribution in [1.82, 2.24) is 0 Å². The molecule has 1 N–H and O–H groups in total. The van der Waals surface area contributed by atoms with E-state index in [0.29, 0.717) is 0 Å². The van der Waals surface area contributed by atoms with E-state index in [1.165, 1.54) is 5.56 Å². The zero-order valence-electron chi connectivity index (χ0n) is 12.6. The smallest absolute Gasteiger partial charge is 0.127 e. The highest BCUT2D eigenvalue weighted by Gasteiger charge is 2.34. The lowest BCUT2D eigenvalue weighted by Crippen LogP contribution is -2.20. The molecule has 4 heteroatoms. The number of anilines is 1. The van der Waals surface area contributed by atoms with Crippen molar-refractivity contribution >= 4 is 28.1 Å². The molecule has 0 unspecified atom stereocenters. The van der Waals surface area contributed by atoms with Crippen LogP contribution in [0.4, 0.5) is 5.69 Å². The van der Waals surface area contributed by atoms with Gasteiger partial charge in [0.2, 0.25) is 0 Å². The van der Waals surface area contributed by atoms with Gasteiger partial charge in [-0.05, 0) is 18.1 Å². The SMILES string of the molecule is CC[C@@H](Cl)[C@@H]1CN(C)c2cc(O)c3cccc(OC)c3c21. The lowest BCUT2D eigenvalue weighted by Gasteiger charge is -2.19. The van der Waals surface area contributed by atoms with Crippen LogP contribution >= 0.6 is 11.6 Å². The van der Waals surface area contributed by atoms with Gasteiger partial charge >= 0.3 is 0 Å². The largest absolute Gasteiger partial charge is 0.507 e. The monoisotopic (exact) mass is 305 g/mol. The van der Waals surface area contributed by atoms with Gasteiger partial charge in [-0.2, -0.15) is 0 Å². The molecule has 0 spiro atoms. The zero-order chi connectivity index (χ0) is 15.1. The highest BCUT2D eigenvalue weighted by molar-refractivity contribution is 6.21. The fourth-order valence-corrected chi connectivity index (χ4v) is 3.57. The predicted octanol–water partition coefficient (Wildman–Crippen LogP) is 4.10. The van der Waals surface area contributed by atoms with Gasteiger partial charge in [-0.15, -0.1) is 11.6 Å². The van der Waals surface area contributed by atoms with Crippen molar-refractivity contribution in [2.45, 2.75) is 24.6 Å². The number of rotatable bonds is 3. The number of halogens is 1. The topological polar surface area (TPSA) is 32.7 Å². The number of methoxy groups -OCH3 is 1. The molecule has 0 radical (unpaired) electrons. The van der Waals surface area contributed by atoms with Crippen molar-refractivity contribution < 1.29 is 9.84 Å². The van der Waals surface area contributed by atoms with Crippen molar-refractivity contribution in [3.8, 4) is 11.5 Å². The molecule has 2 atom stereocenters. The molecule has 2 aromatic rings. The lowest BCUT2D eigenvalue weighted by atomic mass is 9.90. The third-order valence-corrected chi connectivity index (χ3v) is 5.03. The van der Waals surface area contributed by atoms with E-state index >= 15 is 0 Å². The Morgan fingerprint density at radius 3 is 2.90 bits per heavy atom. The van der Waals surface area contributed by atoms with E-state index in [1.54, 1.807) is 7.11 Å². The number of phenols is 1. The van der Waals surface area contributed by atoms with Gasteiger partial charge in [0.1, 0.15) is 11.5 Å². The van der Waals surface area contributed by atoms with Crippen molar-refractivity contribution in [3.63, 3.8) is 0 Å². The maximum atomic E-state index is 10.3. The van der Waals surface area contributed by atoms with Crippen LogP contribution in [-0.4, -0.2) is 31.2 Å². The molecule has 3 nitrogen and oxygen atoms in total. The van der Waals surface area contributed by atoms with Crippen LogP contribution in [0, 0.1) is 0 Å². The van der Waals surface area contributed by atoms with Crippen molar-refractivity contribution in [2.75, 3.05) is 25.6 Å². The Bertz CT molecular complexity index is 686. The van der Waals surface area contributed by atoms with E-state index in [9.17, 15) is 5.11 Å². The van der Waals surface area contributed by atoms with Crippen molar-refractivity contribution in [1.29, 1.82) is 0 Å². The molecular weight excluding hydrogens is 286 g/mol. The summed E-state index contributed by atoms with van der Waals surface area (Å²) in [6.45, 7) is 2.98. The van der Waals surface area contributed by atoms with E-state index in [2.05, 4.69) is 11.8 Å². The first-order valence-corrected chi connectivity index (χ1v) is 7.69. The molecule has 0 bridgehead atoms. The van der Waals surface area contributed by atoms with Crippen LogP contribution < -0.4 is 9.64 Å². The molecule has 112 valence electrons. The highest BCUT2D eigenvalue weighted by atomic mass is 35.5. The molecule has 21 heavy (non-hydrogen) atoms. The van der Waals surface area contributed by atoms with E-state index in [1.807, 2.05) is 31.3 Å². The van der Waals surface area contributed by atoms with E-state index in [-0.39, 0.29) is 17.0 Å². The average molecular weight is 306 g/mol. The molecule has 1 aliphatic rings. The molecule has 3 rings (SSSR count). The van der Waals surface area contributed by atoms with Crippen LogP contribution in [0.15, 0.2) is 24.3 Å². The van der Waals surface area contributed by atoms with E-state index in [4.69, 9.17) is 16.3 Å². The number of ether oxygens (including phenoxy) is 1. The summed E-state index contributed by atoms with van der Waals surface area (Å²) in [6, 6.07) is 7.61. The Balaban J connectivity index is 2.36. The van der Waals surface area contributed by atoms with Gasteiger partial charge in [0, 0.05) is 47.4 Å². The summed E-state index contributed by atoms with van der Waals surface area (Å²) >= 11 is 6.57. The van der Waals surface area contributed by atoms with Gasteiger partial charge in [0.15, 0.2) is 0 Å². The molecule has 0 aliphatic carbocycles. The van der Waals surface area contributed by atoms with Crippen molar-refractivity contribution in [2.24, 2.45) is 0 Å². The minimum atomic E-state index is 0.0753. The Hall–Kier alpha value is -1.61. The second kappa shape index (κ2) is 5.30. The predicted molar refractivity (Wildman–Crippen MR) is 88.1 cm³/mol. The van der Waals surface area contributed by atoms with Crippen LogP contribution in [0.1, 0.15) is 24.8 Å². The Morgan fingerprint density at radius 1 is 1.48 bits per heavy atom. The third-order valence-electron chi connectivity index (χ3n) is 4.42.